The topological polar surface area (TPSA) is 92.8 Å². The van der Waals surface area contributed by atoms with Crippen molar-refractivity contribution in [2.75, 3.05) is 23.9 Å². The van der Waals surface area contributed by atoms with Crippen molar-refractivity contribution in [1.29, 1.82) is 0 Å². The Balaban J connectivity index is 1.69. The number of carbonyl (C=O) groups excluding carboxylic acids is 4. The fourth-order valence-corrected chi connectivity index (χ4v) is 4.87. The van der Waals surface area contributed by atoms with Crippen LogP contribution >= 0.6 is 11.8 Å². The highest BCUT2D eigenvalue weighted by Gasteiger charge is 2.51. The summed E-state index contributed by atoms with van der Waals surface area (Å²) in [5.41, 5.74) is 0.915. The van der Waals surface area contributed by atoms with E-state index in [1.54, 1.807) is 36.0 Å². The van der Waals surface area contributed by atoms with E-state index in [4.69, 9.17) is 4.74 Å². The summed E-state index contributed by atoms with van der Waals surface area (Å²) in [6.07, 6.45) is 7.43. The number of hydrogen-bond donors (Lipinski definition) is 1. The monoisotopic (exact) mass is 460 g/mol. The quantitative estimate of drug-likeness (QED) is 0.324. The third kappa shape index (κ3) is 5.52. The highest BCUT2D eigenvalue weighted by Crippen LogP contribution is 2.39. The Kier molecular flexibility index (Phi) is 8.73. The Morgan fingerprint density at radius 1 is 1.12 bits per heavy atom. The van der Waals surface area contributed by atoms with Gasteiger partial charge in [-0.15, -0.1) is 0 Å². The van der Waals surface area contributed by atoms with E-state index in [2.05, 4.69) is 5.32 Å². The number of likely N-dealkylation sites (tertiary alicyclic amines) is 1. The molecule has 1 saturated heterocycles. The standard InChI is InChI=1S/C24H32N2O5S/c1-3-4-14-31-24(30)16-9-11-17(12-10-16)25-21(27)20(13-15-32-2)26-22(28)18-7-5-6-8-19(18)23(26)29/h9-12,18-20H,3-8,13-15H2,1-2H3,(H,25,27). The molecule has 1 aliphatic carbocycles. The predicted octanol–water partition coefficient (Wildman–Crippen LogP) is 3.88. The molecule has 3 atom stereocenters. The number of unbranched alkanes of at least 4 members (excludes halogenated alkanes) is 1. The maximum atomic E-state index is 13.1. The first-order valence-electron chi connectivity index (χ1n) is 11.4. The van der Waals surface area contributed by atoms with Crippen molar-refractivity contribution in [3.05, 3.63) is 29.8 Å². The molecular weight excluding hydrogens is 428 g/mol. The van der Waals surface area contributed by atoms with Crippen molar-refractivity contribution in [2.45, 2.75) is 57.9 Å². The minimum absolute atomic E-state index is 0.203. The second-order valence-electron chi connectivity index (χ2n) is 8.40. The molecule has 32 heavy (non-hydrogen) atoms. The number of esters is 1. The molecule has 0 spiro atoms. The number of carbonyl (C=O) groups is 4. The molecule has 0 radical (unpaired) electrons. The van der Waals surface area contributed by atoms with Crippen molar-refractivity contribution in [3.8, 4) is 0 Å². The van der Waals surface area contributed by atoms with Crippen molar-refractivity contribution in [1.82, 2.24) is 4.90 Å². The van der Waals surface area contributed by atoms with E-state index in [-0.39, 0.29) is 29.6 Å². The zero-order valence-corrected chi connectivity index (χ0v) is 19.6. The number of amides is 3. The van der Waals surface area contributed by atoms with Crippen LogP contribution in [0.2, 0.25) is 0 Å². The first-order chi connectivity index (χ1) is 15.5. The van der Waals surface area contributed by atoms with Crippen LogP contribution in [0, 0.1) is 11.8 Å². The molecule has 3 rings (SSSR count). The van der Waals surface area contributed by atoms with Gasteiger partial charge in [-0.05, 0) is 62.0 Å². The van der Waals surface area contributed by atoms with Gasteiger partial charge in [0.15, 0.2) is 0 Å². The number of fused-ring (bicyclic) bond motifs is 1. The largest absolute Gasteiger partial charge is 0.462 e. The van der Waals surface area contributed by atoms with Gasteiger partial charge < -0.3 is 10.1 Å². The lowest BCUT2D eigenvalue weighted by Crippen LogP contribution is -2.48. The lowest BCUT2D eigenvalue weighted by molar-refractivity contribution is -0.146. The van der Waals surface area contributed by atoms with Gasteiger partial charge in [-0.1, -0.05) is 26.2 Å². The first-order valence-corrected chi connectivity index (χ1v) is 12.8. The number of thioether (sulfide) groups is 1. The average molecular weight is 461 g/mol. The summed E-state index contributed by atoms with van der Waals surface area (Å²) < 4.78 is 5.20. The number of hydrogen-bond acceptors (Lipinski definition) is 6. The summed E-state index contributed by atoms with van der Waals surface area (Å²) in [6.45, 7) is 2.40. The van der Waals surface area contributed by atoms with Crippen molar-refractivity contribution < 1.29 is 23.9 Å². The van der Waals surface area contributed by atoms with Crippen molar-refractivity contribution in [2.24, 2.45) is 11.8 Å². The van der Waals surface area contributed by atoms with Gasteiger partial charge in [-0.2, -0.15) is 11.8 Å². The number of nitrogens with zero attached hydrogens (tertiary/aromatic N) is 1. The summed E-state index contributed by atoms with van der Waals surface area (Å²) in [5.74, 6) is -1.08. The van der Waals surface area contributed by atoms with E-state index in [1.165, 1.54) is 4.90 Å². The minimum atomic E-state index is -0.827. The molecule has 1 saturated carbocycles. The van der Waals surface area contributed by atoms with Gasteiger partial charge in [0.1, 0.15) is 6.04 Å². The number of nitrogens with one attached hydrogen (secondary N) is 1. The molecule has 7 nitrogen and oxygen atoms in total. The molecule has 3 unspecified atom stereocenters. The molecule has 0 bridgehead atoms. The number of rotatable bonds is 10. The van der Waals surface area contributed by atoms with E-state index in [1.807, 2.05) is 13.2 Å². The summed E-state index contributed by atoms with van der Waals surface area (Å²) in [5, 5.41) is 2.82. The summed E-state index contributed by atoms with van der Waals surface area (Å²) in [6, 6.07) is 5.63. The third-order valence-electron chi connectivity index (χ3n) is 6.20. The van der Waals surface area contributed by atoms with Crippen LogP contribution in [-0.4, -0.2) is 53.2 Å². The van der Waals surface area contributed by atoms with Crippen LogP contribution in [0.25, 0.3) is 0 Å². The number of imide groups is 1. The van der Waals surface area contributed by atoms with Crippen LogP contribution < -0.4 is 5.32 Å². The van der Waals surface area contributed by atoms with Crippen molar-refractivity contribution >= 4 is 41.1 Å². The smallest absolute Gasteiger partial charge is 0.338 e. The van der Waals surface area contributed by atoms with Gasteiger partial charge in [-0.3, -0.25) is 19.3 Å². The molecule has 1 aromatic carbocycles. The Morgan fingerprint density at radius 3 is 2.31 bits per heavy atom. The minimum Gasteiger partial charge on any atom is -0.462 e. The zero-order valence-electron chi connectivity index (χ0n) is 18.8. The van der Waals surface area contributed by atoms with E-state index < -0.39 is 12.0 Å². The summed E-state index contributed by atoms with van der Waals surface area (Å²) >= 11 is 1.57. The van der Waals surface area contributed by atoms with Gasteiger partial charge in [-0.25, -0.2) is 4.79 Å². The van der Waals surface area contributed by atoms with Crippen LogP contribution in [0.5, 0.6) is 0 Å². The number of benzene rings is 1. The lowest BCUT2D eigenvalue weighted by Gasteiger charge is -2.26. The molecule has 1 N–H and O–H groups in total. The summed E-state index contributed by atoms with van der Waals surface area (Å²) in [7, 11) is 0. The van der Waals surface area contributed by atoms with Gasteiger partial charge in [0, 0.05) is 5.69 Å². The highest BCUT2D eigenvalue weighted by atomic mass is 32.2. The molecule has 1 aromatic rings. The molecule has 2 aliphatic rings. The second-order valence-corrected chi connectivity index (χ2v) is 9.38. The van der Waals surface area contributed by atoms with Crippen LogP contribution in [0.4, 0.5) is 5.69 Å². The fourth-order valence-electron chi connectivity index (χ4n) is 4.41. The van der Waals surface area contributed by atoms with E-state index in [9.17, 15) is 19.2 Å². The molecule has 174 valence electrons. The maximum Gasteiger partial charge on any atom is 0.338 e. The van der Waals surface area contributed by atoms with E-state index in [0.717, 1.165) is 38.5 Å². The predicted molar refractivity (Wildman–Crippen MR) is 124 cm³/mol. The normalized spacial score (nSPS) is 21.2. The SMILES string of the molecule is CCCCOC(=O)c1ccc(NC(=O)C(CCSC)N2C(=O)C3CCCCC3C2=O)cc1. The van der Waals surface area contributed by atoms with Gasteiger partial charge >= 0.3 is 5.97 Å². The highest BCUT2D eigenvalue weighted by molar-refractivity contribution is 7.98. The lowest BCUT2D eigenvalue weighted by atomic mass is 9.81. The molecule has 8 heteroatoms. The number of anilines is 1. The maximum absolute atomic E-state index is 13.1. The van der Waals surface area contributed by atoms with Gasteiger partial charge in [0.05, 0.1) is 24.0 Å². The van der Waals surface area contributed by atoms with E-state index in [0.29, 0.717) is 30.0 Å². The molecule has 1 heterocycles. The summed E-state index contributed by atoms with van der Waals surface area (Å²) in [4.78, 5) is 52.4. The van der Waals surface area contributed by atoms with Gasteiger partial charge in [0.2, 0.25) is 17.7 Å². The zero-order chi connectivity index (χ0) is 23.1. The Labute approximate surface area is 193 Å². The third-order valence-corrected chi connectivity index (χ3v) is 6.85. The Morgan fingerprint density at radius 2 is 1.75 bits per heavy atom. The van der Waals surface area contributed by atoms with E-state index >= 15 is 0 Å². The van der Waals surface area contributed by atoms with Gasteiger partial charge in [0.25, 0.3) is 0 Å². The second kappa shape index (κ2) is 11.5. The fraction of sp³-hybridized carbons (Fsp3) is 0.583. The van der Waals surface area contributed by atoms with Crippen LogP contribution in [0.15, 0.2) is 24.3 Å². The van der Waals surface area contributed by atoms with Crippen LogP contribution in [0.3, 0.4) is 0 Å². The Bertz CT molecular complexity index is 817. The average Bonchev–Trinajstić information content (AvgIpc) is 3.05. The molecule has 3 amide bonds. The molecular formula is C24H32N2O5S. The Hall–Kier alpha value is -2.35. The van der Waals surface area contributed by atoms with Crippen LogP contribution in [0.1, 0.15) is 62.2 Å². The molecule has 0 aromatic heterocycles. The molecule has 1 aliphatic heterocycles. The molecule has 2 fully saturated rings. The first kappa shape index (κ1) is 24.3. The van der Waals surface area contributed by atoms with Crippen molar-refractivity contribution in [3.63, 3.8) is 0 Å². The van der Waals surface area contributed by atoms with Crippen LogP contribution in [-0.2, 0) is 19.1 Å². The number of ether oxygens (including phenoxy) is 1.